The third kappa shape index (κ3) is 1.60. The smallest absolute Gasteiger partial charge is 0.312 e. The van der Waals surface area contributed by atoms with Gasteiger partial charge in [0.05, 0.1) is 13.0 Å². The number of hydrogen-bond donors (Lipinski definition) is 0. The van der Waals surface area contributed by atoms with Crippen LogP contribution in [0, 0.1) is 17.3 Å². The normalized spacial score (nSPS) is 39.5. The van der Waals surface area contributed by atoms with Gasteiger partial charge in [-0.15, -0.1) is 0 Å². The van der Waals surface area contributed by atoms with Crippen molar-refractivity contribution in [3.05, 3.63) is 11.6 Å². The molecule has 2 heteroatoms. The molecule has 0 aromatic carbocycles. The molecule has 0 spiro atoms. The molecule has 0 aliphatic heterocycles. The minimum Gasteiger partial charge on any atom is -0.469 e. The lowest BCUT2D eigenvalue weighted by Crippen LogP contribution is -2.30. The zero-order chi connectivity index (χ0) is 11.1. The number of allylic oxidation sites excluding steroid dienone is 1. The summed E-state index contributed by atoms with van der Waals surface area (Å²) in [6.45, 7) is 4.62. The average Bonchev–Trinajstić information content (AvgIpc) is 2.57. The predicted molar refractivity (Wildman–Crippen MR) is 59.3 cm³/mol. The highest BCUT2D eigenvalue weighted by atomic mass is 16.5. The van der Waals surface area contributed by atoms with E-state index in [9.17, 15) is 4.79 Å². The number of methoxy groups -OCH3 is 1. The molecule has 15 heavy (non-hydrogen) atoms. The van der Waals surface area contributed by atoms with E-state index >= 15 is 0 Å². The number of hydrogen-bond acceptors (Lipinski definition) is 2. The third-order valence-corrected chi connectivity index (χ3v) is 4.45. The summed E-state index contributed by atoms with van der Waals surface area (Å²) in [5.41, 5.74) is 1.76. The summed E-state index contributed by atoms with van der Waals surface area (Å²) >= 11 is 0. The van der Waals surface area contributed by atoms with E-state index in [1.165, 1.54) is 31.9 Å². The maximum Gasteiger partial charge on any atom is 0.312 e. The summed E-state index contributed by atoms with van der Waals surface area (Å²) in [5.74, 6) is 0.646. The maximum absolute atomic E-state index is 11.5. The van der Waals surface area contributed by atoms with Crippen molar-refractivity contribution in [3.63, 3.8) is 0 Å². The highest BCUT2D eigenvalue weighted by Crippen LogP contribution is 2.53. The zero-order valence-corrected chi connectivity index (χ0v) is 9.88. The molecule has 2 aliphatic carbocycles. The number of rotatable bonds is 1. The molecule has 0 bridgehead atoms. The first-order chi connectivity index (χ1) is 7.08. The first kappa shape index (κ1) is 10.7. The number of esters is 1. The molecule has 3 unspecified atom stereocenters. The Balaban J connectivity index is 2.21. The lowest BCUT2D eigenvalue weighted by atomic mass is 9.65. The topological polar surface area (TPSA) is 26.3 Å². The fraction of sp³-hybridized carbons (Fsp3) is 0.769. The minimum atomic E-state index is -0.0645. The Bertz CT molecular complexity index is 306. The van der Waals surface area contributed by atoms with Gasteiger partial charge >= 0.3 is 5.97 Å². The predicted octanol–water partition coefficient (Wildman–Crippen LogP) is 2.93. The first-order valence-electron chi connectivity index (χ1n) is 5.87. The SMILES string of the molecule is COC(=O)C1C=C2CCCC(C)C2(C)C1. The van der Waals surface area contributed by atoms with Crippen molar-refractivity contribution in [2.24, 2.45) is 17.3 Å². The second-order valence-corrected chi connectivity index (χ2v) is 5.24. The monoisotopic (exact) mass is 208 g/mol. The zero-order valence-electron chi connectivity index (χ0n) is 9.88. The van der Waals surface area contributed by atoms with Crippen molar-refractivity contribution in [2.75, 3.05) is 7.11 Å². The molecule has 0 saturated heterocycles. The van der Waals surface area contributed by atoms with Crippen LogP contribution < -0.4 is 0 Å². The summed E-state index contributed by atoms with van der Waals surface area (Å²) in [6.07, 6.45) is 6.87. The largest absolute Gasteiger partial charge is 0.469 e. The second-order valence-electron chi connectivity index (χ2n) is 5.24. The van der Waals surface area contributed by atoms with Gasteiger partial charge in [0.2, 0.25) is 0 Å². The van der Waals surface area contributed by atoms with Crippen molar-refractivity contribution >= 4 is 5.97 Å². The molecule has 1 saturated carbocycles. The van der Waals surface area contributed by atoms with Gasteiger partial charge in [-0.3, -0.25) is 4.79 Å². The van der Waals surface area contributed by atoms with Crippen molar-refractivity contribution in [1.29, 1.82) is 0 Å². The molecule has 2 aliphatic rings. The number of fused-ring (bicyclic) bond motifs is 1. The van der Waals surface area contributed by atoms with E-state index < -0.39 is 0 Å². The molecule has 1 fully saturated rings. The van der Waals surface area contributed by atoms with E-state index in [4.69, 9.17) is 4.74 Å². The van der Waals surface area contributed by atoms with Gasteiger partial charge in [0.15, 0.2) is 0 Å². The van der Waals surface area contributed by atoms with Crippen LogP contribution in [0.15, 0.2) is 11.6 Å². The van der Waals surface area contributed by atoms with Gasteiger partial charge in [0.1, 0.15) is 0 Å². The second kappa shape index (κ2) is 3.66. The molecule has 0 aromatic rings. The summed E-state index contributed by atoms with van der Waals surface area (Å²) in [6, 6.07) is 0. The standard InChI is InChI=1S/C13H20O2/c1-9-5-4-6-11-7-10(12(14)15-3)8-13(9,11)2/h7,9-10H,4-6,8H2,1-3H3. The molecule has 0 amide bonds. The van der Waals surface area contributed by atoms with Crippen LogP contribution >= 0.6 is 0 Å². The summed E-state index contributed by atoms with van der Waals surface area (Å²) in [7, 11) is 1.48. The Morgan fingerprint density at radius 2 is 2.33 bits per heavy atom. The van der Waals surface area contributed by atoms with Gasteiger partial charge in [0.25, 0.3) is 0 Å². The highest BCUT2D eigenvalue weighted by molar-refractivity contribution is 5.75. The van der Waals surface area contributed by atoms with Gasteiger partial charge in [-0.05, 0) is 37.0 Å². The quantitative estimate of drug-likeness (QED) is 0.489. The Hall–Kier alpha value is -0.790. The molecule has 0 aromatic heterocycles. The van der Waals surface area contributed by atoms with Crippen LogP contribution in [0.5, 0.6) is 0 Å². The fourth-order valence-corrected chi connectivity index (χ4v) is 3.19. The summed E-state index contributed by atoms with van der Waals surface area (Å²) < 4.78 is 4.84. The molecule has 2 rings (SSSR count). The van der Waals surface area contributed by atoms with Crippen LogP contribution in [0.3, 0.4) is 0 Å². The molecule has 0 heterocycles. The average molecular weight is 208 g/mol. The molecule has 0 N–H and O–H groups in total. The van der Waals surface area contributed by atoms with Crippen LogP contribution in [0.4, 0.5) is 0 Å². The Morgan fingerprint density at radius 3 is 2.93 bits per heavy atom. The first-order valence-corrected chi connectivity index (χ1v) is 5.87. The molecular formula is C13H20O2. The molecule has 3 atom stereocenters. The van der Waals surface area contributed by atoms with Crippen molar-refractivity contribution < 1.29 is 9.53 Å². The molecule has 0 radical (unpaired) electrons. The van der Waals surface area contributed by atoms with Crippen LogP contribution in [0.2, 0.25) is 0 Å². The van der Waals surface area contributed by atoms with E-state index in [-0.39, 0.29) is 17.3 Å². The van der Waals surface area contributed by atoms with Crippen molar-refractivity contribution in [1.82, 2.24) is 0 Å². The molecule has 84 valence electrons. The van der Waals surface area contributed by atoms with E-state index in [0.29, 0.717) is 5.92 Å². The number of carbonyl (C=O) groups excluding carboxylic acids is 1. The minimum absolute atomic E-state index is 0.00977. The number of ether oxygens (including phenoxy) is 1. The Kier molecular flexibility index (Phi) is 2.61. The van der Waals surface area contributed by atoms with Crippen molar-refractivity contribution in [2.45, 2.75) is 39.5 Å². The van der Waals surface area contributed by atoms with E-state index in [2.05, 4.69) is 19.9 Å². The maximum atomic E-state index is 11.5. The number of carbonyl (C=O) groups is 1. The van der Waals surface area contributed by atoms with Crippen molar-refractivity contribution in [3.8, 4) is 0 Å². The Morgan fingerprint density at radius 1 is 1.60 bits per heavy atom. The Labute approximate surface area is 91.7 Å². The van der Waals surface area contributed by atoms with Crippen LogP contribution in [-0.2, 0) is 9.53 Å². The summed E-state index contributed by atoms with van der Waals surface area (Å²) in [5, 5.41) is 0. The highest BCUT2D eigenvalue weighted by Gasteiger charge is 2.45. The third-order valence-electron chi connectivity index (χ3n) is 4.45. The molecule has 2 nitrogen and oxygen atoms in total. The van der Waals surface area contributed by atoms with Gasteiger partial charge in [0, 0.05) is 0 Å². The van der Waals surface area contributed by atoms with Gasteiger partial charge in [-0.2, -0.15) is 0 Å². The lowest BCUT2D eigenvalue weighted by Gasteiger charge is -2.39. The lowest BCUT2D eigenvalue weighted by molar-refractivity contribution is -0.144. The van der Waals surface area contributed by atoms with E-state index in [0.717, 1.165) is 6.42 Å². The van der Waals surface area contributed by atoms with Gasteiger partial charge < -0.3 is 4.74 Å². The fourth-order valence-electron chi connectivity index (χ4n) is 3.19. The van der Waals surface area contributed by atoms with E-state index in [1.807, 2.05) is 0 Å². The van der Waals surface area contributed by atoms with Crippen LogP contribution in [0.25, 0.3) is 0 Å². The van der Waals surface area contributed by atoms with Gasteiger partial charge in [-0.25, -0.2) is 0 Å². The van der Waals surface area contributed by atoms with Crippen LogP contribution in [0.1, 0.15) is 39.5 Å². The molecular weight excluding hydrogens is 188 g/mol. The summed E-state index contributed by atoms with van der Waals surface area (Å²) in [4.78, 5) is 11.5. The van der Waals surface area contributed by atoms with E-state index in [1.54, 1.807) is 0 Å². The van der Waals surface area contributed by atoms with Gasteiger partial charge in [-0.1, -0.05) is 25.5 Å². The van der Waals surface area contributed by atoms with Crippen LogP contribution in [-0.4, -0.2) is 13.1 Å².